The summed E-state index contributed by atoms with van der Waals surface area (Å²) in [4.78, 5) is 0. The maximum absolute atomic E-state index is 5.92. The van der Waals surface area contributed by atoms with Crippen LogP contribution in [0.25, 0.3) is 0 Å². The summed E-state index contributed by atoms with van der Waals surface area (Å²) in [6.07, 6.45) is 2.16. The van der Waals surface area contributed by atoms with Crippen molar-refractivity contribution < 1.29 is 0 Å². The van der Waals surface area contributed by atoms with Crippen molar-refractivity contribution in [2.45, 2.75) is 18.4 Å². The Morgan fingerprint density at radius 3 is 2.75 bits per heavy atom. The highest BCUT2D eigenvalue weighted by Gasteiger charge is 2.30. The van der Waals surface area contributed by atoms with Gasteiger partial charge in [-0.2, -0.15) is 0 Å². The van der Waals surface area contributed by atoms with E-state index in [2.05, 4.69) is 38.7 Å². The van der Waals surface area contributed by atoms with E-state index in [0.29, 0.717) is 6.54 Å². The van der Waals surface area contributed by atoms with Gasteiger partial charge in [0, 0.05) is 16.7 Å². The molecule has 0 atom stereocenters. The molecular formula is C12H18BrN3. The summed E-state index contributed by atoms with van der Waals surface area (Å²) < 4.78 is 1.10. The van der Waals surface area contributed by atoms with Gasteiger partial charge in [-0.05, 0) is 44.1 Å². The minimum atomic E-state index is 0.0616. The topological polar surface area (TPSA) is 50.1 Å². The Bertz CT molecular complexity index is 348. The van der Waals surface area contributed by atoms with Gasteiger partial charge < -0.3 is 16.4 Å². The molecule has 0 saturated carbocycles. The van der Waals surface area contributed by atoms with Crippen LogP contribution >= 0.6 is 15.9 Å². The van der Waals surface area contributed by atoms with Crippen molar-refractivity contribution >= 4 is 21.6 Å². The SMILES string of the molecule is NCC1(Nc2cccc(Br)c2)CCNCC1. The zero-order chi connectivity index (χ0) is 11.4. The molecule has 0 aromatic heterocycles. The molecule has 1 aliphatic heterocycles. The van der Waals surface area contributed by atoms with Gasteiger partial charge in [0.05, 0.1) is 5.54 Å². The number of anilines is 1. The average Bonchev–Trinajstić information content (AvgIpc) is 2.30. The zero-order valence-electron chi connectivity index (χ0n) is 9.30. The summed E-state index contributed by atoms with van der Waals surface area (Å²) in [6.45, 7) is 2.76. The molecule has 0 bridgehead atoms. The van der Waals surface area contributed by atoms with Gasteiger partial charge >= 0.3 is 0 Å². The highest BCUT2D eigenvalue weighted by atomic mass is 79.9. The predicted octanol–water partition coefficient (Wildman–Crippen LogP) is 1.94. The number of benzene rings is 1. The number of halogens is 1. The highest BCUT2D eigenvalue weighted by Crippen LogP contribution is 2.25. The van der Waals surface area contributed by atoms with Crippen LogP contribution in [0.3, 0.4) is 0 Å². The molecule has 4 N–H and O–H groups in total. The van der Waals surface area contributed by atoms with Crippen molar-refractivity contribution in [1.29, 1.82) is 0 Å². The molecule has 1 heterocycles. The molecule has 1 aliphatic rings. The molecule has 0 amide bonds. The second kappa shape index (κ2) is 5.17. The van der Waals surface area contributed by atoms with E-state index in [1.54, 1.807) is 0 Å². The van der Waals surface area contributed by atoms with E-state index in [1.165, 1.54) is 0 Å². The Morgan fingerprint density at radius 2 is 2.12 bits per heavy atom. The maximum Gasteiger partial charge on any atom is 0.0519 e. The number of piperidine rings is 1. The van der Waals surface area contributed by atoms with Crippen LogP contribution in [-0.4, -0.2) is 25.2 Å². The van der Waals surface area contributed by atoms with Crippen molar-refractivity contribution in [3.05, 3.63) is 28.7 Å². The first-order valence-electron chi connectivity index (χ1n) is 5.69. The van der Waals surface area contributed by atoms with Gasteiger partial charge in [-0.1, -0.05) is 22.0 Å². The average molecular weight is 284 g/mol. The number of nitrogens with two attached hydrogens (primary N) is 1. The molecule has 1 aromatic rings. The van der Waals surface area contributed by atoms with Crippen LogP contribution in [0, 0.1) is 0 Å². The van der Waals surface area contributed by atoms with Crippen molar-refractivity contribution in [2.24, 2.45) is 5.73 Å². The van der Waals surface area contributed by atoms with Gasteiger partial charge in [-0.3, -0.25) is 0 Å². The third-order valence-corrected chi connectivity index (χ3v) is 3.68. The van der Waals surface area contributed by atoms with E-state index < -0.39 is 0 Å². The molecule has 2 rings (SSSR count). The van der Waals surface area contributed by atoms with Crippen molar-refractivity contribution in [2.75, 3.05) is 25.0 Å². The largest absolute Gasteiger partial charge is 0.378 e. The highest BCUT2D eigenvalue weighted by molar-refractivity contribution is 9.10. The standard InChI is InChI=1S/C12H18BrN3/c13-10-2-1-3-11(8-10)16-12(9-14)4-6-15-7-5-12/h1-3,8,15-16H,4-7,9,14H2. The molecule has 3 nitrogen and oxygen atoms in total. The van der Waals surface area contributed by atoms with Gasteiger partial charge in [-0.15, -0.1) is 0 Å². The zero-order valence-corrected chi connectivity index (χ0v) is 10.9. The Kier molecular flexibility index (Phi) is 3.84. The van der Waals surface area contributed by atoms with Gasteiger partial charge in [0.2, 0.25) is 0 Å². The Balaban J connectivity index is 2.11. The Morgan fingerprint density at radius 1 is 1.38 bits per heavy atom. The minimum absolute atomic E-state index is 0.0616. The number of rotatable bonds is 3. The summed E-state index contributed by atoms with van der Waals surface area (Å²) in [6, 6.07) is 8.25. The lowest BCUT2D eigenvalue weighted by atomic mass is 9.88. The summed E-state index contributed by atoms with van der Waals surface area (Å²) in [5.74, 6) is 0. The van der Waals surface area contributed by atoms with Crippen LogP contribution in [0.4, 0.5) is 5.69 Å². The first-order chi connectivity index (χ1) is 7.74. The molecule has 1 fully saturated rings. The second-order valence-corrected chi connectivity index (χ2v) is 5.29. The third-order valence-electron chi connectivity index (χ3n) is 3.19. The molecule has 0 unspecified atom stereocenters. The molecule has 1 aromatic carbocycles. The van der Waals surface area contributed by atoms with Gasteiger partial charge in [0.15, 0.2) is 0 Å². The summed E-state index contributed by atoms with van der Waals surface area (Å²) >= 11 is 3.48. The van der Waals surface area contributed by atoms with Crippen LogP contribution in [0.15, 0.2) is 28.7 Å². The van der Waals surface area contributed by atoms with E-state index in [4.69, 9.17) is 5.73 Å². The van der Waals surface area contributed by atoms with E-state index in [-0.39, 0.29) is 5.54 Å². The van der Waals surface area contributed by atoms with E-state index in [0.717, 1.165) is 36.1 Å². The van der Waals surface area contributed by atoms with Gasteiger partial charge in [0.1, 0.15) is 0 Å². The van der Waals surface area contributed by atoms with Crippen molar-refractivity contribution in [3.8, 4) is 0 Å². The number of nitrogens with one attached hydrogen (secondary N) is 2. The molecule has 0 radical (unpaired) electrons. The lowest BCUT2D eigenvalue weighted by Gasteiger charge is -2.38. The summed E-state index contributed by atoms with van der Waals surface area (Å²) in [5, 5.41) is 6.96. The molecule has 88 valence electrons. The molecule has 1 saturated heterocycles. The molecule has 4 heteroatoms. The smallest absolute Gasteiger partial charge is 0.0519 e. The Labute approximate surface area is 105 Å². The van der Waals surface area contributed by atoms with Crippen molar-refractivity contribution in [1.82, 2.24) is 5.32 Å². The number of hydrogen-bond donors (Lipinski definition) is 3. The summed E-state index contributed by atoms with van der Waals surface area (Å²) in [5.41, 5.74) is 7.12. The third kappa shape index (κ3) is 2.75. The van der Waals surface area contributed by atoms with Crippen LogP contribution in [0.2, 0.25) is 0 Å². The second-order valence-electron chi connectivity index (χ2n) is 4.37. The minimum Gasteiger partial charge on any atom is -0.378 e. The predicted molar refractivity (Wildman–Crippen MR) is 71.7 cm³/mol. The normalized spacial score (nSPS) is 19.4. The molecule has 16 heavy (non-hydrogen) atoms. The van der Waals surface area contributed by atoms with Gasteiger partial charge in [-0.25, -0.2) is 0 Å². The van der Waals surface area contributed by atoms with Crippen LogP contribution in [0.1, 0.15) is 12.8 Å². The van der Waals surface area contributed by atoms with Crippen LogP contribution < -0.4 is 16.4 Å². The monoisotopic (exact) mass is 283 g/mol. The maximum atomic E-state index is 5.92. The fourth-order valence-corrected chi connectivity index (χ4v) is 2.56. The quantitative estimate of drug-likeness (QED) is 0.795. The molecular weight excluding hydrogens is 266 g/mol. The van der Waals surface area contributed by atoms with E-state index >= 15 is 0 Å². The molecule has 0 spiro atoms. The first-order valence-corrected chi connectivity index (χ1v) is 6.48. The van der Waals surface area contributed by atoms with Crippen LogP contribution in [-0.2, 0) is 0 Å². The lowest BCUT2D eigenvalue weighted by Crippen LogP contribution is -2.52. The Hall–Kier alpha value is -0.580. The number of hydrogen-bond acceptors (Lipinski definition) is 3. The lowest BCUT2D eigenvalue weighted by molar-refractivity contribution is 0.346. The summed E-state index contributed by atoms with van der Waals surface area (Å²) in [7, 11) is 0. The fourth-order valence-electron chi connectivity index (χ4n) is 2.16. The first kappa shape index (κ1) is 11.9. The van der Waals surface area contributed by atoms with E-state index in [1.807, 2.05) is 12.1 Å². The van der Waals surface area contributed by atoms with Crippen molar-refractivity contribution in [3.63, 3.8) is 0 Å². The fraction of sp³-hybridized carbons (Fsp3) is 0.500. The van der Waals surface area contributed by atoms with E-state index in [9.17, 15) is 0 Å². The molecule has 0 aliphatic carbocycles. The van der Waals surface area contributed by atoms with Gasteiger partial charge in [0.25, 0.3) is 0 Å². The van der Waals surface area contributed by atoms with Crippen LogP contribution in [0.5, 0.6) is 0 Å².